The number of nitrogens with zero attached hydrogens (tertiary/aromatic N) is 6. The van der Waals surface area contributed by atoms with Gasteiger partial charge in [0.1, 0.15) is 23.6 Å². The molecule has 2 aliphatic rings. The SMILES string of the molecule is COc1ncc(-c2cc(CN3CC(F)(F)C3)c3c(N)ncnn23)cc1C(=O)N[C@@H]1CN(S(=O)(=O)Cc2ccccc2)C[C@@H]1F. The number of benzene rings is 1. The van der Waals surface area contributed by atoms with Crippen LogP contribution in [-0.2, 0) is 22.3 Å². The van der Waals surface area contributed by atoms with Crippen LogP contribution in [0.2, 0.25) is 0 Å². The van der Waals surface area contributed by atoms with E-state index in [9.17, 15) is 22.0 Å². The van der Waals surface area contributed by atoms with Crippen LogP contribution in [0.3, 0.4) is 0 Å². The zero-order valence-corrected chi connectivity index (χ0v) is 24.3. The second kappa shape index (κ2) is 11.3. The van der Waals surface area contributed by atoms with E-state index in [4.69, 9.17) is 10.5 Å². The number of carbonyl (C=O) groups excluding carboxylic acids is 1. The largest absolute Gasteiger partial charge is 0.480 e. The average Bonchev–Trinajstić information content (AvgIpc) is 3.53. The first-order valence-corrected chi connectivity index (χ1v) is 15.3. The van der Waals surface area contributed by atoms with Crippen LogP contribution in [0.25, 0.3) is 16.8 Å². The van der Waals surface area contributed by atoms with Crippen molar-refractivity contribution in [1.82, 2.24) is 34.1 Å². The molecule has 0 spiro atoms. The lowest BCUT2D eigenvalue weighted by molar-refractivity contribution is -0.133. The van der Waals surface area contributed by atoms with E-state index in [1.807, 2.05) is 0 Å². The number of fused-ring (bicyclic) bond motifs is 1. The van der Waals surface area contributed by atoms with E-state index < -0.39 is 40.6 Å². The number of carbonyl (C=O) groups is 1. The van der Waals surface area contributed by atoms with Gasteiger partial charge in [-0.2, -0.15) is 9.40 Å². The van der Waals surface area contributed by atoms with E-state index in [2.05, 4.69) is 20.4 Å². The molecule has 1 aromatic carbocycles. The summed E-state index contributed by atoms with van der Waals surface area (Å²) in [5, 5.41) is 6.87. The van der Waals surface area contributed by atoms with Gasteiger partial charge in [0, 0.05) is 31.4 Å². The minimum Gasteiger partial charge on any atom is -0.480 e. The summed E-state index contributed by atoms with van der Waals surface area (Å²) < 4.78 is 75.8. The van der Waals surface area contributed by atoms with Crippen LogP contribution in [-0.4, -0.2) is 94.5 Å². The Morgan fingerprint density at radius 3 is 2.61 bits per heavy atom. The Kier molecular flexibility index (Phi) is 7.67. The summed E-state index contributed by atoms with van der Waals surface area (Å²) >= 11 is 0. The number of halogens is 3. The van der Waals surface area contributed by atoms with Crippen molar-refractivity contribution in [3.05, 3.63) is 71.7 Å². The first-order valence-electron chi connectivity index (χ1n) is 13.7. The first-order chi connectivity index (χ1) is 20.9. The minimum atomic E-state index is -3.84. The zero-order valence-electron chi connectivity index (χ0n) is 23.5. The van der Waals surface area contributed by atoms with Crippen molar-refractivity contribution in [2.24, 2.45) is 0 Å². The summed E-state index contributed by atoms with van der Waals surface area (Å²) in [4.78, 5) is 23.3. The Morgan fingerprint density at radius 2 is 1.91 bits per heavy atom. The fraction of sp³-hybridized carbons (Fsp3) is 0.357. The van der Waals surface area contributed by atoms with Gasteiger partial charge in [0.2, 0.25) is 15.9 Å². The molecular formula is C28H29F3N8O4S. The third-order valence-corrected chi connectivity index (χ3v) is 9.45. The fourth-order valence-corrected chi connectivity index (χ4v) is 7.12. The number of hydrogen-bond donors (Lipinski definition) is 2. The lowest BCUT2D eigenvalue weighted by atomic mass is 10.1. The summed E-state index contributed by atoms with van der Waals surface area (Å²) in [6.45, 7) is -1.22. The minimum absolute atomic E-state index is 0.0243. The van der Waals surface area contributed by atoms with Crippen molar-refractivity contribution in [2.45, 2.75) is 30.4 Å². The van der Waals surface area contributed by atoms with E-state index >= 15 is 4.39 Å². The molecular weight excluding hydrogens is 601 g/mol. The number of methoxy groups -OCH3 is 1. The third kappa shape index (κ3) is 5.79. The number of hydrogen-bond acceptors (Lipinski definition) is 9. The van der Waals surface area contributed by atoms with E-state index in [0.717, 1.165) is 4.31 Å². The maximum atomic E-state index is 15.1. The topological polar surface area (TPSA) is 148 Å². The van der Waals surface area contributed by atoms with Crippen molar-refractivity contribution < 1.29 is 31.1 Å². The molecule has 0 aliphatic carbocycles. The highest BCUT2D eigenvalue weighted by Gasteiger charge is 2.44. The standard InChI is InChI=1S/C28H29F3N8O4S/c1-43-27-20(26(40)36-22-12-38(11-21(22)29)44(41,42)13-17-5-3-2-4-6-17)7-18(9-33-27)23-8-19(10-37-14-28(30,31)15-37)24-25(32)34-16-35-39(23)24/h2-9,16,21-22H,10-15H2,1H3,(H,36,40)(H2,32,34,35)/t21-,22+/m0/s1. The number of nitrogens with two attached hydrogens (primary N) is 1. The van der Waals surface area contributed by atoms with Gasteiger partial charge >= 0.3 is 0 Å². The summed E-state index contributed by atoms with van der Waals surface area (Å²) in [5.41, 5.74) is 8.59. The smallest absolute Gasteiger partial charge is 0.272 e. The van der Waals surface area contributed by atoms with Crippen molar-refractivity contribution in [2.75, 3.05) is 39.0 Å². The van der Waals surface area contributed by atoms with Crippen LogP contribution >= 0.6 is 0 Å². The molecule has 0 unspecified atom stereocenters. The van der Waals surface area contributed by atoms with Crippen molar-refractivity contribution >= 4 is 27.3 Å². The number of nitrogens with one attached hydrogen (secondary N) is 1. The Bertz CT molecular complexity index is 1810. The summed E-state index contributed by atoms with van der Waals surface area (Å²) in [6.07, 6.45) is 1.05. The first kappa shape index (κ1) is 29.8. The van der Waals surface area contributed by atoms with Gasteiger partial charge in [-0.15, -0.1) is 0 Å². The van der Waals surface area contributed by atoms with Gasteiger partial charge in [-0.3, -0.25) is 9.69 Å². The molecule has 2 aliphatic heterocycles. The van der Waals surface area contributed by atoms with Crippen LogP contribution < -0.4 is 15.8 Å². The number of nitrogen functional groups attached to an aromatic ring is 1. The van der Waals surface area contributed by atoms with E-state index in [0.29, 0.717) is 27.9 Å². The summed E-state index contributed by atoms with van der Waals surface area (Å²) in [5.74, 6) is -3.64. The van der Waals surface area contributed by atoms with Crippen LogP contribution in [0.1, 0.15) is 21.5 Å². The lowest BCUT2D eigenvalue weighted by Gasteiger charge is -2.38. The van der Waals surface area contributed by atoms with Crippen molar-refractivity contribution in [3.63, 3.8) is 0 Å². The number of sulfonamides is 1. The van der Waals surface area contributed by atoms with Gasteiger partial charge in [-0.05, 0) is 23.3 Å². The number of pyridine rings is 1. The third-order valence-electron chi connectivity index (χ3n) is 7.67. The highest BCUT2D eigenvalue weighted by atomic mass is 32.2. The van der Waals surface area contributed by atoms with Gasteiger partial charge in [0.05, 0.1) is 37.7 Å². The lowest BCUT2D eigenvalue weighted by Crippen LogP contribution is -2.55. The number of anilines is 1. The second-order valence-corrected chi connectivity index (χ2v) is 12.9. The van der Waals surface area contributed by atoms with Crippen LogP contribution in [0.4, 0.5) is 19.0 Å². The van der Waals surface area contributed by atoms with Gasteiger partial charge < -0.3 is 15.8 Å². The Labute approximate surface area is 250 Å². The molecule has 0 saturated carbocycles. The van der Waals surface area contributed by atoms with Crippen molar-refractivity contribution in [3.8, 4) is 17.1 Å². The molecule has 44 heavy (non-hydrogen) atoms. The quantitative estimate of drug-likeness (QED) is 0.284. The highest BCUT2D eigenvalue weighted by molar-refractivity contribution is 7.88. The predicted octanol–water partition coefficient (Wildman–Crippen LogP) is 2.12. The molecule has 6 rings (SSSR count). The number of amides is 1. The molecule has 3 N–H and O–H groups in total. The molecule has 12 nitrogen and oxygen atoms in total. The molecule has 3 aromatic heterocycles. The van der Waals surface area contributed by atoms with Gasteiger partial charge in [0.15, 0.2) is 5.82 Å². The molecule has 2 fully saturated rings. The summed E-state index contributed by atoms with van der Waals surface area (Å²) in [6, 6.07) is 10.6. The molecule has 1 amide bonds. The second-order valence-electron chi connectivity index (χ2n) is 10.9. The normalized spacial score (nSPS) is 20.5. The van der Waals surface area contributed by atoms with Crippen LogP contribution in [0.15, 0.2) is 55.0 Å². The van der Waals surface area contributed by atoms with Crippen LogP contribution in [0.5, 0.6) is 5.88 Å². The molecule has 16 heteroatoms. The van der Waals surface area contributed by atoms with E-state index in [-0.39, 0.29) is 49.2 Å². The fourth-order valence-electron chi connectivity index (χ4n) is 5.56. The monoisotopic (exact) mass is 630 g/mol. The van der Waals surface area contributed by atoms with Crippen LogP contribution in [0, 0.1) is 0 Å². The van der Waals surface area contributed by atoms with Gasteiger partial charge in [-0.1, -0.05) is 30.3 Å². The molecule has 0 radical (unpaired) electrons. The van der Waals surface area contributed by atoms with Crippen molar-refractivity contribution in [1.29, 1.82) is 0 Å². The predicted molar refractivity (Wildman–Crippen MR) is 154 cm³/mol. The van der Waals surface area contributed by atoms with Gasteiger partial charge in [-0.25, -0.2) is 36.1 Å². The van der Waals surface area contributed by atoms with Gasteiger partial charge in [0.25, 0.3) is 11.8 Å². The maximum absolute atomic E-state index is 15.1. The highest BCUT2D eigenvalue weighted by Crippen LogP contribution is 2.34. The number of aromatic nitrogens is 4. The maximum Gasteiger partial charge on any atom is 0.272 e. The molecule has 4 aromatic rings. The molecule has 2 saturated heterocycles. The average molecular weight is 631 g/mol. The summed E-state index contributed by atoms with van der Waals surface area (Å²) in [7, 11) is -2.51. The molecule has 0 bridgehead atoms. The zero-order chi connectivity index (χ0) is 31.2. The Morgan fingerprint density at radius 1 is 1.16 bits per heavy atom. The Hall–Kier alpha value is -4.28. The van der Waals surface area contributed by atoms with E-state index in [1.165, 1.54) is 30.2 Å². The number of ether oxygens (including phenoxy) is 1. The number of rotatable bonds is 9. The Balaban J connectivity index is 1.24. The molecule has 2 atom stereocenters. The number of likely N-dealkylation sites (tertiary alicyclic amines) is 1. The van der Waals surface area contributed by atoms with E-state index in [1.54, 1.807) is 41.3 Å². The number of alkyl halides is 3. The molecule has 232 valence electrons. The molecule has 5 heterocycles.